The normalized spacial score (nSPS) is 20.9. The van der Waals surface area contributed by atoms with Gasteiger partial charge in [-0.3, -0.25) is 9.59 Å². The number of carbonyl (C=O) groups excluding carboxylic acids is 2. The summed E-state index contributed by atoms with van der Waals surface area (Å²) in [6.07, 6.45) is 1.56. The lowest BCUT2D eigenvalue weighted by atomic mass is 10.1. The first-order chi connectivity index (χ1) is 11.5. The molecule has 2 amide bonds. The van der Waals surface area contributed by atoms with E-state index >= 15 is 0 Å². The second-order valence-corrected chi connectivity index (χ2v) is 6.53. The lowest BCUT2D eigenvalue weighted by Gasteiger charge is -2.23. The summed E-state index contributed by atoms with van der Waals surface area (Å²) in [7, 11) is 0. The lowest BCUT2D eigenvalue weighted by molar-refractivity contribution is -0.119. The summed E-state index contributed by atoms with van der Waals surface area (Å²) in [6.45, 7) is 3.89. The van der Waals surface area contributed by atoms with E-state index in [4.69, 9.17) is 16.3 Å². The molecular formula is C17H20ClN3O3. The first-order valence-electron chi connectivity index (χ1n) is 8.07. The molecule has 2 aliphatic rings. The molecule has 0 unspecified atom stereocenters. The monoisotopic (exact) mass is 349 g/mol. The van der Waals surface area contributed by atoms with Crippen LogP contribution in [0.3, 0.4) is 0 Å². The van der Waals surface area contributed by atoms with Crippen LogP contribution in [0.1, 0.15) is 24.8 Å². The number of anilines is 1. The van der Waals surface area contributed by atoms with Crippen molar-refractivity contribution < 1.29 is 14.3 Å². The third-order valence-electron chi connectivity index (χ3n) is 4.27. The molecule has 2 aliphatic heterocycles. The largest absolute Gasteiger partial charge is 0.381 e. The van der Waals surface area contributed by atoms with Crippen LogP contribution >= 0.6 is 11.6 Å². The van der Waals surface area contributed by atoms with Crippen molar-refractivity contribution in [2.24, 2.45) is 11.0 Å². The van der Waals surface area contributed by atoms with Crippen LogP contribution in [0.2, 0.25) is 5.02 Å². The van der Waals surface area contributed by atoms with Crippen molar-refractivity contribution in [3.63, 3.8) is 0 Å². The Kier molecular flexibility index (Phi) is 5.16. The van der Waals surface area contributed by atoms with Gasteiger partial charge in [-0.25, -0.2) is 5.01 Å². The topological polar surface area (TPSA) is 71.0 Å². The average Bonchev–Trinajstić information content (AvgIpc) is 3.09. The van der Waals surface area contributed by atoms with Gasteiger partial charge in [0.05, 0.1) is 12.3 Å². The fourth-order valence-corrected chi connectivity index (χ4v) is 2.89. The third-order valence-corrected chi connectivity index (χ3v) is 4.68. The van der Waals surface area contributed by atoms with Crippen molar-refractivity contribution >= 4 is 34.8 Å². The highest BCUT2D eigenvalue weighted by molar-refractivity contribution is 6.40. The van der Waals surface area contributed by atoms with E-state index in [-0.39, 0.29) is 18.2 Å². The quantitative estimate of drug-likeness (QED) is 0.906. The predicted octanol–water partition coefficient (Wildman–Crippen LogP) is 2.28. The van der Waals surface area contributed by atoms with Gasteiger partial charge in [0.25, 0.3) is 5.91 Å². The van der Waals surface area contributed by atoms with E-state index in [0.717, 1.165) is 18.6 Å². The van der Waals surface area contributed by atoms with E-state index in [9.17, 15) is 9.59 Å². The van der Waals surface area contributed by atoms with E-state index in [1.807, 2.05) is 13.0 Å². The van der Waals surface area contributed by atoms with E-state index < -0.39 is 0 Å². The molecule has 0 radical (unpaired) electrons. The molecule has 0 aliphatic carbocycles. The van der Waals surface area contributed by atoms with Crippen molar-refractivity contribution in [3.05, 3.63) is 28.8 Å². The fraction of sp³-hybridized carbons (Fsp3) is 0.471. The summed E-state index contributed by atoms with van der Waals surface area (Å²) in [4.78, 5) is 24.5. The molecule has 1 N–H and O–H groups in total. The van der Waals surface area contributed by atoms with Gasteiger partial charge in [0.2, 0.25) is 5.91 Å². The number of nitrogens with zero attached hydrogens (tertiary/aromatic N) is 2. The van der Waals surface area contributed by atoms with Crippen molar-refractivity contribution in [2.75, 3.05) is 24.8 Å². The van der Waals surface area contributed by atoms with Crippen LogP contribution in [0.5, 0.6) is 0 Å². The smallest absolute Gasteiger partial charge is 0.267 e. The Labute approximate surface area is 145 Å². The van der Waals surface area contributed by atoms with Crippen molar-refractivity contribution in [3.8, 4) is 0 Å². The van der Waals surface area contributed by atoms with Crippen LogP contribution in [-0.2, 0) is 14.3 Å². The summed E-state index contributed by atoms with van der Waals surface area (Å²) in [5.74, 6) is -0.0138. The number of rotatable bonds is 4. The number of hydrogen-bond acceptors (Lipinski definition) is 4. The number of hydrogen-bond donors (Lipinski definition) is 1. The van der Waals surface area contributed by atoms with Gasteiger partial charge < -0.3 is 10.1 Å². The van der Waals surface area contributed by atoms with E-state index in [1.165, 1.54) is 5.01 Å². The molecule has 0 spiro atoms. The minimum absolute atomic E-state index is 0.143. The highest BCUT2D eigenvalue weighted by atomic mass is 35.5. The Bertz CT molecular complexity index is 684. The van der Waals surface area contributed by atoms with Gasteiger partial charge >= 0.3 is 0 Å². The number of amides is 2. The number of nitrogens with one attached hydrogen (secondary N) is 1. The Hall–Kier alpha value is -1.92. The van der Waals surface area contributed by atoms with Gasteiger partial charge in [-0.05, 0) is 31.0 Å². The summed E-state index contributed by atoms with van der Waals surface area (Å²) in [6, 6.07) is 5.29. The zero-order valence-corrected chi connectivity index (χ0v) is 14.3. The van der Waals surface area contributed by atoms with Crippen LogP contribution in [0.4, 0.5) is 5.69 Å². The number of ether oxygens (including phenoxy) is 1. The Balaban J connectivity index is 1.72. The number of halogens is 1. The molecule has 1 saturated heterocycles. The first kappa shape index (κ1) is 16.9. The van der Waals surface area contributed by atoms with Gasteiger partial charge in [0.15, 0.2) is 0 Å². The second kappa shape index (κ2) is 7.32. The van der Waals surface area contributed by atoms with Crippen LogP contribution in [0.25, 0.3) is 0 Å². The van der Waals surface area contributed by atoms with Gasteiger partial charge in [-0.1, -0.05) is 17.7 Å². The SMILES string of the molecule is Cc1ccc(N2N=C(C(=O)NC[C@H]3CCOC3)CCC2=O)cc1Cl. The highest BCUT2D eigenvalue weighted by Crippen LogP contribution is 2.26. The summed E-state index contributed by atoms with van der Waals surface area (Å²) < 4.78 is 5.30. The molecule has 0 saturated carbocycles. The zero-order valence-electron chi connectivity index (χ0n) is 13.5. The summed E-state index contributed by atoms with van der Waals surface area (Å²) >= 11 is 6.12. The maximum Gasteiger partial charge on any atom is 0.267 e. The van der Waals surface area contributed by atoms with Crippen LogP contribution < -0.4 is 10.3 Å². The first-order valence-corrected chi connectivity index (χ1v) is 8.45. The van der Waals surface area contributed by atoms with Gasteiger partial charge in [-0.15, -0.1) is 0 Å². The lowest BCUT2D eigenvalue weighted by Crippen LogP contribution is -2.40. The molecule has 24 heavy (non-hydrogen) atoms. The Morgan fingerprint density at radius 2 is 2.29 bits per heavy atom. The van der Waals surface area contributed by atoms with Crippen LogP contribution in [-0.4, -0.2) is 37.3 Å². The predicted molar refractivity (Wildman–Crippen MR) is 92.3 cm³/mol. The van der Waals surface area contributed by atoms with Gasteiger partial charge in [0, 0.05) is 36.9 Å². The van der Waals surface area contributed by atoms with Crippen molar-refractivity contribution in [2.45, 2.75) is 26.2 Å². The molecule has 3 rings (SSSR count). The number of benzene rings is 1. The Morgan fingerprint density at radius 3 is 3.00 bits per heavy atom. The molecule has 1 aromatic carbocycles. The molecule has 1 aromatic rings. The maximum atomic E-state index is 12.3. The van der Waals surface area contributed by atoms with Gasteiger partial charge in [-0.2, -0.15) is 5.10 Å². The molecule has 6 nitrogen and oxygen atoms in total. The highest BCUT2D eigenvalue weighted by Gasteiger charge is 2.26. The minimum atomic E-state index is -0.224. The Morgan fingerprint density at radius 1 is 1.46 bits per heavy atom. The van der Waals surface area contributed by atoms with Crippen molar-refractivity contribution in [1.82, 2.24) is 5.32 Å². The standard InChI is InChI=1S/C17H20ClN3O3/c1-11-2-3-13(8-14(11)18)21-16(22)5-4-15(20-21)17(23)19-9-12-6-7-24-10-12/h2-3,8,12H,4-7,9-10H2,1H3,(H,19,23)/t12-/m1/s1. The number of hydrazone groups is 1. The summed E-state index contributed by atoms with van der Waals surface area (Å²) in [5, 5.41) is 8.96. The fourth-order valence-electron chi connectivity index (χ4n) is 2.72. The molecule has 2 heterocycles. The minimum Gasteiger partial charge on any atom is -0.381 e. The molecule has 128 valence electrons. The molecular weight excluding hydrogens is 330 g/mol. The molecule has 1 fully saturated rings. The van der Waals surface area contributed by atoms with Gasteiger partial charge in [0.1, 0.15) is 5.71 Å². The molecule has 0 bridgehead atoms. The third kappa shape index (κ3) is 3.76. The van der Waals surface area contributed by atoms with Crippen molar-refractivity contribution in [1.29, 1.82) is 0 Å². The van der Waals surface area contributed by atoms with E-state index in [0.29, 0.717) is 41.9 Å². The zero-order chi connectivity index (χ0) is 17.1. The molecule has 0 aromatic heterocycles. The van der Waals surface area contributed by atoms with E-state index in [1.54, 1.807) is 12.1 Å². The van der Waals surface area contributed by atoms with E-state index in [2.05, 4.69) is 10.4 Å². The van der Waals surface area contributed by atoms with Crippen LogP contribution in [0.15, 0.2) is 23.3 Å². The molecule has 1 atom stereocenters. The second-order valence-electron chi connectivity index (χ2n) is 6.13. The average molecular weight is 350 g/mol. The van der Waals surface area contributed by atoms with Crippen LogP contribution in [0, 0.1) is 12.8 Å². The number of carbonyl (C=O) groups is 2. The summed E-state index contributed by atoms with van der Waals surface area (Å²) in [5.41, 5.74) is 1.86. The number of aryl methyl sites for hydroxylation is 1. The maximum absolute atomic E-state index is 12.3. The molecule has 7 heteroatoms.